The second-order valence-electron chi connectivity index (χ2n) is 7.79. The molecule has 10 nitrogen and oxygen atoms in total. The van der Waals surface area contributed by atoms with Gasteiger partial charge in [0.05, 0.1) is 56.0 Å². The fourth-order valence-electron chi connectivity index (χ4n) is 3.75. The molecule has 0 bridgehead atoms. The second-order valence-corrected chi connectivity index (χ2v) is 7.79. The second kappa shape index (κ2) is 10.9. The minimum Gasteiger partial charge on any atom is -0.497 e. The zero-order valence-electron chi connectivity index (χ0n) is 19.9. The van der Waals surface area contributed by atoms with Gasteiger partial charge >= 0.3 is 0 Å². The molecule has 0 aliphatic rings. The smallest absolute Gasteiger partial charge is 0.251 e. The standard InChI is InChI=1S/C25H28N6O4/c1-26-25(33)17-10-20(12-21(11-17)35-3)31(6-8-32)19-4-5-22-23(13-19)29-24(15-27-22)18-14-28-30(16-18)7-9-34-2/h4-5,10-16,32H,6-9H2,1-3H3,(H,26,33). The van der Waals surface area contributed by atoms with Crippen molar-refractivity contribution >= 4 is 28.3 Å². The number of nitrogens with one attached hydrogen (secondary N) is 1. The molecule has 2 aromatic carbocycles. The number of ether oxygens (including phenoxy) is 2. The molecule has 4 aromatic rings. The van der Waals surface area contributed by atoms with Gasteiger partial charge in [-0.05, 0) is 30.3 Å². The number of methoxy groups -OCH3 is 2. The van der Waals surface area contributed by atoms with Crippen LogP contribution in [-0.4, -0.2) is 71.8 Å². The molecular formula is C25H28N6O4. The van der Waals surface area contributed by atoms with Crippen LogP contribution in [0.3, 0.4) is 0 Å². The number of amides is 1. The van der Waals surface area contributed by atoms with Crippen LogP contribution in [0, 0.1) is 0 Å². The number of carbonyl (C=O) groups is 1. The van der Waals surface area contributed by atoms with Crippen molar-refractivity contribution in [2.75, 3.05) is 45.9 Å². The molecule has 0 saturated heterocycles. The number of nitrogens with zero attached hydrogens (tertiary/aromatic N) is 5. The molecule has 2 aromatic heterocycles. The minimum absolute atomic E-state index is 0.0864. The summed E-state index contributed by atoms with van der Waals surface area (Å²) in [5.74, 6) is 0.312. The van der Waals surface area contributed by atoms with Crippen LogP contribution in [0.4, 0.5) is 11.4 Å². The topological polar surface area (TPSA) is 115 Å². The molecule has 2 heterocycles. The summed E-state index contributed by atoms with van der Waals surface area (Å²) >= 11 is 0. The van der Waals surface area contributed by atoms with Crippen molar-refractivity contribution in [2.24, 2.45) is 0 Å². The van der Waals surface area contributed by atoms with E-state index in [4.69, 9.17) is 14.5 Å². The number of anilines is 2. The first-order valence-corrected chi connectivity index (χ1v) is 11.1. The Bertz CT molecular complexity index is 1320. The molecule has 0 spiro atoms. The molecule has 0 radical (unpaired) electrons. The maximum Gasteiger partial charge on any atom is 0.251 e. The molecule has 0 saturated carbocycles. The largest absolute Gasteiger partial charge is 0.497 e. The molecule has 182 valence electrons. The molecular weight excluding hydrogens is 448 g/mol. The third kappa shape index (κ3) is 5.39. The lowest BCUT2D eigenvalue weighted by Crippen LogP contribution is -2.23. The molecule has 2 N–H and O–H groups in total. The Hall–Kier alpha value is -4.02. The zero-order valence-corrected chi connectivity index (χ0v) is 19.9. The zero-order chi connectivity index (χ0) is 24.8. The van der Waals surface area contributed by atoms with Crippen molar-refractivity contribution < 1.29 is 19.4 Å². The Morgan fingerprint density at radius 2 is 1.97 bits per heavy atom. The highest BCUT2D eigenvalue weighted by molar-refractivity contribution is 5.96. The molecule has 10 heteroatoms. The number of carbonyl (C=O) groups excluding carboxylic acids is 1. The van der Waals surface area contributed by atoms with Crippen molar-refractivity contribution in [3.63, 3.8) is 0 Å². The summed E-state index contributed by atoms with van der Waals surface area (Å²) in [7, 11) is 4.78. The van der Waals surface area contributed by atoms with E-state index >= 15 is 0 Å². The van der Waals surface area contributed by atoms with Gasteiger partial charge in [-0.1, -0.05) is 0 Å². The van der Waals surface area contributed by atoms with E-state index in [0.29, 0.717) is 47.9 Å². The number of benzene rings is 2. The average Bonchev–Trinajstić information content (AvgIpc) is 3.38. The first kappa shape index (κ1) is 24.1. The summed E-state index contributed by atoms with van der Waals surface area (Å²) in [6.07, 6.45) is 5.39. The molecule has 4 rings (SSSR count). The number of aliphatic hydroxyl groups is 1. The Labute approximate surface area is 203 Å². The molecule has 1 amide bonds. The van der Waals surface area contributed by atoms with Gasteiger partial charge in [0.2, 0.25) is 0 Å². The lowest BCUT2D eigenvalue weighted by atomic mass is 10.1. The van der Waals surface area contributed by atoms with Gasteiger partial charge in [-0.2, -0.15) is 5.10 Å². The Morgan fingerprint density at radius 1 is 1.11 bits per heavy atom. The van der Waals surface area contributed by atoms with E-state index in [2.05, 4.69) is 15.4 Å². The van der Waals surface area contributed by atoms with Crippen molar-refractivity contribution in [2.45, 2.75) is 6.54 Å². The fraction of sp³-hybridized carbons (Fsp3) is 0.280. The summed E-state index contributed by atoms with van der Waals surface area (Å²) in [4.78, 5) is 23.6. The minimum atomic E-state index is -0.228. The van der Waals surface area contributed by atoms with Gasteiger partial charge in [0.25, 0.3) is 5.91 Å². The molecule has 35 heavy (non-hydrogen) atoms. The van der Waals surface area contributed by atoms with Crippen LogP contribution < -0.4 is 15.0 Å². The van der Waals surface area contributed by atoms with E-state index in [1.165, 1.54) is 0 Å². The lowest BCUT2D eigenvalue weighted by molar-refractivity contribution is 0.0962. The third-order valence-electron chi connectivity index (χ3n) is 5.54. The summed E-state index contributed by atoms with van der Waals surface area (Å²) in [6, 6.07) is 11.0. The van der Waals surface area contributed by atoms with Crippen molar-refractivity contribution in [3.8, 4) is 17.0 Å². The summed E-state index contributed by atoms with van der Waals surface area (Å²) in [5.41, 5.74) is 4.96. The Morgan fingerprint density at radius 3 is 2.71 bits per heavy atom. The van der Waals surface area contributed by atoms with Crippen LogP contribution in [0.15, 0.2) is 55.0 Å². The number of fused-ring (bicyclic) bond motifs is 1. The van der Waals surface area contributed by atoms with Crippen LogP contribution in [0.25, 0.3) is 22.3 Å². The van der Waals surface area contributed by atoms with Gasteiger partial charge < -0.3 is 24.8 Å². The lowest BCUT2D eigenvalue weighted by Gasteiger charge is -2.25. The van der Waals surface area contributed by atoms with Gasteiger partial charge in [-0.15, -0.1) is 0 Å². The molecule has 0 atom stereocenters. The van der Waals surface area contributed by atoms with Crippen LogP contribution >= 0.6 is 0 Å². The van der Waals surface area contributed by atoms with Gasteiger partial charge in [0.15, 0.2) is 0 Å². The number of hydrogen-bond donors (Lipinski definition) is 2. The Kier molecular flexibility index (Phi) is 7.54. The summed E-state index contributed by atoms with van der Waals surface area (Å²) in [6.45, 7) is 1.44. The monoisotopic (exact) mass is 476 g/mol. The maximum atomic E-state index is 12.3. The normalized spacial score (nSPS) is 11.0. The molecule has 0 aliphatic carbocycles. The predicted octanol–water partition coefficient (Wildman–Crippen LogP) is 2.64. The van der Waals surface area contributed by atoms with Crippen LogP contribution in [0.2, 0.25) is 0 Å². The molecule has 0 fully saturated rings. The highest BCUT2D eigenvalue weighted by Crippen LogP contribution is 2.32. The summed E-state index contributed by atoms with van der Waals surface area (Å²) in [5, 5.41) is 16.8. The van der Waals surface area contributed by atoms with E-state index in [9.17, 15) is 9.90 Å². The fourth-order valence-corrected chi connectivity index (χ4v) is 3.75. The Balaban J connectivity index is 1.73. The maximum absolute atomic E-state index is 12.3. The summed E-state index contributed by atoms with van der Waals surface area (Å²) < 4.78 is 12.3. The third-order valence-corrected chi connectivity index (χ3v) is 5.54. The highest BCUT2D eigenvalue weighted by atomic mass is 16.5. The average molecular weight is 477 g/mol. The van der Waals surface area contributed by atoms with E-state index in [-0.39, 0.29) is 12.5 Å². The van der Waals surface area contributed by atoms with Crippen LogP contribution in [0.5, 0.6) is 5.75 Å². The SMILES string of the molecule is CNC(=O)c1cc(OC)cc(N(CCO)c2ccc3ncc(-c4cnn(CCOC)c4)nc3c2)c1. The van der Waals surface area contributed by atoms with Crippen molar-refractivity contribution in [3.05, 3.63) is 60.6 Å². The molecule has 0 aliphatic heterocycles. The highest BCUT2D eigenvalue weighted by Gasteiger charge is 2.16. The van der Waals surface area contributed by atoms with Gasteiger partial charge in [-0.25, -0.2) is 4.98 Å². The van der Waals surface area contributed by atoms with Crippen molar-refractivity contribution in [1.82, 2.24) is 25.1 Å². The van der Waals surface area contributed by atoms with E-state index in [0.717, 1.165) is 16.8 Å². The number of aliphatic hydroxyl groups excluding tert-OH is 1. The van der Waals surface area contributed by atoms with Crippen LogP contribution in [0.1, 0.15) is 10.4 Å². The number of aromatic nitrogens is 4. The van der Waals surface area contributed by atoms with Gasteiger partial charge in [-0.3, -0.25) is 14.5 Å². The van der Waals surface area contributed by atoms with Gasteiger partial charge in [0, 0.05) is 55.5 Å². The van der Waals surface area contributed by atoms with Gasteiger partial charge in [0.1, 0.15) is 5.75 Å². The first-order chi connectivity index (χ1) is 17.1. The predicted molar refractivity (Wildman–Crippen MR) is 133 cm³/mol. The first-order valence-electron chi connectivity index (χ1n) is 11.1. The van der Waals surface area contributed by atoms with Crippen LogP contribution in [-0.2, 0) is 11.3 Å². The molecule has 0 unspecified atom stereocenters. The van der Waals surface area contributed by atoms with Crippen molar-refractivity contribution in [1.29, 1.82) is 0 Å². The van der Waals surface area contributed by atoms with E-state index < -0.39 is 0 Å². The number of rotatable bonds is 10. The quantitative estimate of drug-likeness (QED) is 0.359. The van der Waals surface area contributed by atoms with E-state index in [1.54, 1.807) is 50.5 Å². The van der Waals surface area contributed by atoms with E-state index in [1.807, 2.05) is 35.4 Å². The number of hydrogen-bond acceptors (Lipinski definition) is 8.